The number of rotatable bonds is 11. The first-order valence-electron chi connectivity index (χ1n) is 9.84. The lowest BCUT2D eigenvalue weighted by atomic mass is 10.1. The molecular weight excluding hydrogens is 350 g/mol. The number of carbonyl (C=O) groups is 1. The van der Waals surface area contributed by atoms with Gasteiger partial charge in [0, 0.05) is 24.9 Å². The quantitative estimate of drug-likeness (QED) is 0.309. The molecule has 0 saturated carbocycles. The van der Waals surface area contributed by atoms with Crippen molar-refractivity contribution >= 4 is 23.4 Å². The van der Waals surface area contributed by atoms with Gasteiger partial charge in [-0.25, -0.2) is 0 Å². The minimum Gasteiger partial charge on any atom is -0.495 e. The molecule has 0 spiro atoms. The molecule has 2 aromatic rings. The number of carbonyl (C=O) groups excluding carboxylic acids is 1. The van der Waals surface area contributed by atoms with Crippen LogP contribution in [0.1, 0.15) is 37.3 Å². The average Bonchev–Trinajstić information content (AvgIpc) is 2.71. The number of ether oxygens (including phenoxy) is 1. The summed E-state index contributed by atoms with van der Waals surface area (Å²) >= 11 is 0. The van der Waals surface area contributed by atoms with E-state index in [0.717, 1.165) is 47.6 Å². The molecule has 0 aliphatic rings. The Morgan fingerprint density at radius 2 is 1.89 bits per heavy atom. The number of methoxy groups -OCH3 is 1. The largest absolute Gasteiger partial charge is 0.495 e. The van der Waals surface area contributed by atoms with E-state index in [1.807, 2.05) is 48.5 Å². The predicted molar refractivity (Wildman–Crippen MR) is 118 cm³/mol. The number of nitrogens with two attached hydrogens (primary N) is 1. The number of nitrogens with one attached hydrogen (secondary N) is 2. The average molecular weight is 382 g/mol. The zero-order valence-corrected chi connectivity index (χ0v) is 16.8. The zero-order valence-electron chi connectivity index (χ0n) is 16.8. The summed E-state index contributed by atoms with van der Waals surface area (Å²) in [7, 11) is 1.66. The Bertz CT molecular complexity index is 770. The van der Waals surface area contributed by atoms with Crippen molar-refractivity contribution < 1.29 is 9.53 Å². The smallest absolute Gasteiger partial charge is 0.244 e. The molecule has 0 aliphatic carbocycles. The second-order valence-corrected chi connectivity index (χ2v) is 6.71. The summed E-state index contributed by atoms with van der Waals surface area (Å²) in [4.78, 5) is 12.1. The Morgan fingerprint density at radius 1 is 1.11 bits per heavy atom. The second-order valence-electron chi connectivity index (χ2n) is 6.71. The number of nitrogen functional groups attached to an aromatic ring is 1. The molecule has 2 aromatic carbocycles. The van der Waals surface area contributed by atoms with E-state index in [2.05, 4.69) is 17.6 Å². The lowest BCUT2D eigenvalue weighted by molar-refractivity contribution is -0.116. The van der Waals surface area contributed by atoms with Gasteiger partial charge in [0.05, 0.1) is 12.8 Å². The summed E-state index contributed by atoms with van der Waals surface area (Å²) in [5, 5.41) is 6.32. The Labute approximate surface area is 168 Å². The fourth-order valence-electron chi connectivity index (χ4n) is 2.81. The van der Waals surface area contributed by atoms with Crippen molar-refractivity contribution in [2.75, 3.05) is 31.2 Å². The highest BCUT2D eigenvalue weighted by Crippen LogP contribution is 2.26. The highest BCUT2D eigenvalue weighted by Gasteiger charge is 2.03. The van der Waals surface area contributed by atoms with Crippen LogP contribution in [0.5, 0.6) is 5.75 Å². The first kappa shape index (κ1) is 21.4. The van der Waals surface area contributed by atoms with Gasteiger partial charge in [0.2, 0.25) is 5.91 Å². The van der Waals surface area contributed by atoms with Gasteiger partial charge in [0.25, 0.3) is 0 Å². The van der Waals surface area contributed by atoms with Crippen LogP contribution in [0.2, 0.25) is 0 Å². The lowest BCUT2D eigenvalue weighted by Gasteiger charge is -2.12. The van der Waals surface area contributed by atoms with E-state index in [0.29, 0.717) is 6.54 Å². The molecule has 28 heavy (non-hydrogen) atoms. The van der Waals surface area contributed by atoms with Gasteiger partial charge in [-0.15, -0.1) is 0 Å². The number of benzene rings is 2. The van der Waals surface area contributed by atoms with Gasteiger partial charge >= 0.3 is 0 Å². The summed E-state index contributed by atoms with van der Waals surface area (Å²) < 4.78 is 5.41. The van der Waals surface area contributed by atoms with Crippen LogP contribution in [0.25, 0.3) is 6.08 Å². The van der Waals surface area contributed by atoms with Crippen LogP contribution in [0.3, 0.4) is 0 Å². The van der Waals surface area contributed by atoms with Crippen molar-refractivity contribution in [2.24, 2.45) is 0 Å². The van der Waals surface area contributed by atoms with E-state index < -0.39 is 0 Å². The number of hydrogen-bond acceptors (Lipinski definition) is 4. The van der Waals surface area contributed by atoms with E-state index in [1.165, 1.54) is 12.8 Å². The third-order valence-electron chi connectivity index (χ3n) is 4.44. The first-order valence-corrected chi connectivity index (χ1v) is 9.84. The van der Waals surface area contributed by atoms with Crippen molar-refractivity contribution in [3.8, 4) is 5.75 Å². The molecule has 4 N–H and O–H groups in total. The van der Waals surface area contributed by atoms with Gasteiger partial charge in [-0.1, -0.05) is 38.0 Å². The van der Waals surface area contributed by atoms with E-state index in [9.17, 15) is 4.79 Å². The van der Waals surface area contributed by atoms with Gasteiger partial charge in [-0.2, -0.15) is 0 Å². The van der Waals surface area contributed by atoms with Gasteiger partial charge in [0.1, 0.15) is 5.75 Å². The molecule has 5 heteroatoms. The van der Waals surface area contributed by atoms with Crippen molar-refractivity contribution in [3.63, 3.8) is 0 Å². The van der Waals surface area contributed by atoms with Crippen LogP contribution in [-0.2, 0) is 11.2 Å². The van der Waals surface area contributed by atoms with Gasteiger partial charge < -0.3 is 21.1 Å². The number of amides is 1. The van der Waals surface area contributed by atoms with Crippen LogP contribution >= 0.6 is 0 Å². The molecule has 0 unspecified atom stereocenters. The number of unbranched alkanes of at least 4 members (excludes halogenated alkanes) is 2. The van der Waals surface area contributed by atoms with Gasteiger partial charge in [0.15, 0.2) is 0 Å². The third kappa shape index (κ3) is 7.35. The van der Waals surface area contributed by atoms with Crippen LogP contribution in [0.15, 0.2) is 48.5 Å². The summed E-state index contributed by atoms with van der Waals surface area (Å²) in [5.74, 6) is 0.699. The summed E-state index contributed by atoms with van der Waals surface area (Å²) in [6.45, 7) is 3.68. The molecule has 2 rings (SSSR count). The molecule has 150 valence electrons. The summed E-state index contributed by atoms with van der Waals surface area (Å²) in [5.41, 5.74) is 9.47. The van der Waals surface area contributed by atoms with E-state index in [4.69, 9.17) is 10.5 Å². The highest BCUT2D eigenvalue weighted by atomic mass is 16.5. The maximum atomic E-state index is 12.1. The normalized spacial score (nSPS) is 10.8. The van der Waals surface area contributed by atoms with Crippen LogP contribution < -0.4 is 21.1 Å². The molecule has 5 nitrogen and oxygen atoms in total. The molecule has 0 aliphatic heterocycles. The molecule has 0 aromatic heterocycles. The molecule has 0 radical (unpaired) electrons. The highest BCUT2D eigenvalue weighted by molar-refractivity contribution is 5.91. The maximum Gasteiger partial charge on any atom is 0.244 e. The van der Waals surface area contributed by atoms with E-state index in [-0.39, 0.29) is 5.91 Å². The van der Waals surface area contributed by atoms with Crippen molar-refractivity contribution in [3.05, 3.63) is 59.7 Å². The summed E-state index contributed by atoms with van der Waals surface area (Å²) in [6.07, 6.45) is 7.66. The molecular formula is C23H31N3O2. The Morgan fingerprint density at radius 3 is 2.61 bits per heavy atom. The van der Waals surface area contributed by atoms with Gasteiger partial charge in [-0.3, -0.25) is 4.79 Å². The fraction of sp³-hybridized carbons (Fsp3) is 0.348. The van der Waals surface area contributed by atoms with Crippen LogP contribution in [0, 0.1) is 0 Å². The standard InChI is InChI=1S/C23H31N3O2/c1-3-4-5-15-25-21-17-19(8-12-22(21)28-2)9-13-23(27)26-16-14-18-6-10-20(24)11-7-18/h6-13,17,25H,3-5,14-16,24H2,1-2H3,(H,26,27)/b13-9+. The molecule has 0 saturated heterocycles. The molecule has 0 heterocycles. The van der Waals surface area contributed by atoms with E-state index in [1.54, 1.807) is 13.2 Å². The predicted octanol–water partition coefficient (Wildman–Crippen LogP) is 4.25. The minimum atomic E-state index is -0.108. The maximum absolute atomic E-state index is 12.1. The first-order chi connectivity index (χ1) is 13.6. The monoisotopic (exact) mass is 381 g/mol. The number of hydrogen-bond donors (Lipinski definition) is 3. The Kier molecular flexibility index (Phi) is 8.92. The topological polar surface area (TPSA) is 76.4 Å². The van der Waals surface area contributed by atoms with Crippen molar-refractivity contribution in [1.29, 1.82) is 0 Å². The van der Waals surface area contributed by atoms with Gasteiger partial charge in [-0.05, 0) is 54.3 Å². The lowest BCUT2D eigenvalue weighted by Crippen LogP contribution is -2.23. The number of anilines is 2. The zero-order chi connectivity index (χ0) is 20.2. The molecule has 0 fully saturated rings. The Balaban J connectivity index is 1.85. The van der Waals surface area contributed by atoms with Crippen LogP contribution in [-0.4, -0.2) is 26.1 Å². The Hall–Kier alpha value is -2.95. The van der Waals surface area contributed by atoms with Crippen LogP contribution in [0.4, 0.5) is 11.4 Å². The fourth-order valence-corrected chi connectivity index (χ4v) is 2.81. The molecule has 0 bridgehead atoms. The van der Waals surface area contributed by atoms with Crippen molar-refractivity contribution in [2.45, 2.75) is 32.6 Å². The minimum absolute atomic E-state index is 0.108. The van der Waals surface area contributed by atoms with Crippen molar-refractivity contribution in [1.82, 2.24) is 5.32 Å². The van der Waals surface area contributed by atoms with E-state index >= 15 is 0 Å². The third-order valence-corrected chi connectivity index (χ3v) is 4.44. The SMILES string of the molecule is CCCCCNc1cc(/C=C/C(=O)NCCc2ccc(N)cc2)ccc1OC. The second kappa shape index (κ2) is 11.7. The molecule has 1 amide bonds. The summed E-state index contributed by atoms with van der Waals surface area (Å²) in [6, 6.07) is 13.6. The molecule has 0 atom stereocenters.